The molecule has 0 aliphatic heterocycles. The molecule has 2 aromatic rings. The van der Waals surface area contributed by atoms with Gasteiger partial charge in [-0.25, -0.2) is 0 Å². The number of phenolic OH excluding ortho intramolecular Hbond substituents is 1. The Labute approximate surface area is 81.4 Å². The zero-order valence-electron chi connectivity index (χ0n) is 8.09. The summed E-state index contributed by atoms with van der Waals surface area (Å²) in [7, 11) is 0. The Kier molecular flexibility index (Phi) is 1.81. The lowest BCUT2D eigenvalue weighted by atomic mass is 10.1. The molecule has 3 heteroatoms. The molecular formula is C11H11NO2. The molecule has 0 bridgehead atoms. The van der Waals surface area contributed by atoms with Crippen molar-refractivity contribution in [3.05, 3.63) is 29.0 Å². The Bertz CT molecular complexity index is 511. The van der Waals surface area contributed by atoms with Gasteiger partial charge < -0.3 is 10.1 Å². The van der Waals surface area contributed by atoms with Gasteiger partial charge in [-0.2, -0.15) is 0 Å². The molecule has 0 saturated carbocycles. The number of rotatable bonds is 1. The molecular weight excluding hydrogens is 178 g/mol. The van der Waals surface area contributed by atoms with Gasteiger partial charge in [0.2, 0.25) is 0 Å². The van der Waals surface area contributed by atoms with Crippen LogP contribution in [0.15, 0.2) is 12.1 Å². The lowest BCUT2D eigenvalue weighted by molar-refractivity contribution is 0.112. The van der Waals surface area contributed by atoms with Crippen LogP contribution in [0.5, 0.6) is 5.75 Å². The van der Waals surface area contributed by atoms with Crippen molar-refractivity contribution in [2.24, 2.45) is 0 Å². The van der Waals surface area contributed by atoms with Gasteiger partial charge in [-0.1, -0.05) is 0 Å². The van der Waals surface area contributed by atoms with Gasteiger partial charge in [0.15, 0.2) is 6.29 Å². The topological polar surface area (TPSA) is 53.1 Å². The van der Waals surface area contributed by atoms with E-state index in [-0.39, 0.29) is 5.75 Å². The van der Waals surface area contributed by atoms with Crippen LogP contribution in [0.3, 0.4) is 0 Å². The monoisotopic (exact) mass is 189 g/mol. The first-order valence-corrected chi connectivity index (χ1v) is 4.41. The maximum atomic E-state index is 10.8. The van der Waals surface area contributed by atoms with E-state index in [4.69, 9.17) is 0 Å². The third kappa shape index (κ3) is 1.02. The number of aldehydes is 1. The number of nitrogens with one attached hydrogen (secondary N) is 1. The number of carbonyl (C=O) groups excluding carboxylic acids is 1. The zero-order chi connectivity index (χ0) is 10.3. The molecule has 0 aliphatic rings. The minimum absolute atomic E-state index is 0.0367. The lowest BCUT2D eigenvalue weighted by Gasteiger charge is -1.99. The number of hydrogen-bond donors (Lipinski definition) is 2. The van der Waals surface area contributed by atoms with Crippen molar-refractivity contribution in [2.45, 2.75) is 13.8 Å². The number of benzene rings is 1. The van der Waals surface area contributed by atoms with E-state index in [0.717, 1.165) is 22.2 Å². The quantitative estimate of drug-likeness (QED) is 0.676. The predicted octanol–water partition coefficient (Wildman–Crippen LogP) is 2.30. The third-order valence-corrected chi connectivity index (χ3v) is 2.60. The van der Waals surface area contributed by atoms with E-state index in [9.17, 15) is 9.90 Å². The fraction of sp³-hybridized carbons (Fsp3) is 0.182. The van der Waals surface area contributed by atoms with E-state index in [1.54, 1.807) is 6.07 Å². The summed E-state index contributed by atoms with van der Waals surface area (Å²) in [5, 5.41) is 10.3. The molecule has 0 unspecified atom stereocenters. The molecule has 0 spiro atoms. The number of hydrogen-bond acceptors (Lipinski definition) is 2. The highest BCUT2D eigenvalue weighted by atomic mass is 16.3. The van der Waals surface area contributed by atoms with Crippen molar-refractivity contribution < 1.29 is 9.90 Å². The summed E-state index contributed by atoms with van der Waals surface area (Å²) in [4.78, 5) is 14.0. The van der Waals surface area contributed by atoms with Crippen LogP contribution in [0, 0.1) is 13.8 Å². The van der Waals surface area contributed by atoms with Crippen molar-refractivity contribution in [3.8, 4) is 5.75 Å². The van der Waals surface area contributed by atoms with Crippen molar-refractivity contribution in [2.75, 3.05) is 0 Å². The highest BCUT2D eigenvalue weighted by Gasteiger charge is 2.11. The molecule has 14 heavy (non-hydrogen) atoms. The summed E-state index contributed by atoms with van der Waals surface area (Å²) in [5.41, 5.74) is 3.29. The first-order valence-electron chi connectivity index (χ1n) is 4.41. The fourth-order valence-electron chi connectivity index (χ4n) is 1.72. The molecule has 2 rings (SSSR count). The van der Waals surface area contributed by atoms with Gasteiger partial charge in [0.05, 0.1) is 5.56 Å². The maximum absolute atomic E-state index is 10.8. The molecule has 1 heterocycles. The Morgan fingerprint density at radius 1 is 1.36 bits per heavy atom. The molecule has 2 N–H and O–H groups in total. The van der Waals surface area contributed by atoms with Crippen LogP contribution in [-0.2, 0) is 0 Å². The average Bonchev–Trinajstić information content (AvgIpc) is 2.45. The molecule has 0 amide bonds. The Hall–Kier alpha value is -1.77. The number of aromatic amines is 1. The normalized spacial score (nSPS) is 10.7. The van der Waals surface area contributed by atoms with Crippen molar-refractivity contribution in [3.63, 3.8) is 0 Å². The van der Waals surface area contributed by atoms with Crippen LogP contribution in [-0.4, -0.2) is 16.4 Å². The summed E-state index contributed by atoms with van der Waals surface area (Å²) < 4.78 is 0. The van der Waals surface area contributed by atoms with Crippen LogP contribution in [0.25, 0.3) is 10.9 Å². The van der Waals surface area contributed by atoms with E-state index in [2.05, 4.69) is 4.98 Å². The molecule has 0 radical (unpaired) electrons. The summed E-state index contributed by atoms with van der Waals surface area (Å²) in [6.45, 7) is 3.88. The SMILES string of the molecule is Cc1[nH]c2ccc(O)c(C=O)c2c1C. The van der Waals surface area contributed by atoms with Gasteiger partial charge >= 0.3 is 0 Å². The molecule has 0 aliphatic carbocycles. The summed E-state index contributed by atoms with van der Waals surface area (Å²) in [6.07, 6.45) is 0.692. The molecule has 1 aromatic carbocycles. The minimum Gasteiger partial charge on any atom is -0.507 e. The van der Waals surface area contributed by atoms with Gasteiger partial charge in [0, 0.05) is 16.6 Å². The minimum atomic E-state index is 0.0367. The van der Waals surface area contributed by atoms with E-state index in [1.807, 2.05) is 13.8 Å². The molecule has 72 valence electrons. The van der Waals surface area contributed by atoms with Gasteiger partial charge in [-0.05, 0) is 31.5 Å². The highest BCUT2D eigenvalue weighted by Crippen LogP contribution is 2.29. The summed E-state index contributed by atoms with van der Waals surface area (Å²) >= 11 is 0. The molecule has 1 aromatic heterocycles. The second-order valence-corrected chi connectivity index (χ2v) is 3.41. The Morgan fingerprint density at radius 3 is 2.71 bits per heavy atom. The largest absolute Gasteiger partial charge is 0.507 e. The van der Waals surface area contributed by atoms with Crippen molar-refractivity contribution in [1.82, 2.24) is 4.98 Å². The zero-order valence-corrected chi connectivity index (χ0v) is 8.09. The van der Waals surface area contributed by atoms with Gasteiger partial charge in [-0.15, -0.1) is 0 Å². The number of fused-ring (bicyclic) bond motifs is 1. The third-order valence-electron chi connectivity index (χ3n) is 2.60. The molecule has 0 fully saturated rings. The van der Waals surface area contributed by atoms with Crippen molar-refractivity contribution >= 4 is 17.2 Å². The fourth-order valence-corrected chi connectivity index (χ4v) is 1.72. The first-order chi connectivity index (χ1) is 6.65. The lowest BCUT2D eigenvalue weighted by Crippen LogP contribution is -1.84. The van der Waals surface area contributed by atoms with Gasteiger partial charge in [0.1, 0.15) is 5.75 Å². The Balaban J connectivity index is 2.98. The average molecular weight is 189 g/mol. The smallest absolute Gasteiger partial charge is 0.154 e. The van der Waals surface area contributed by atoms with Gasteiger partial charge in [-0.3, -0.25) is 4.79 Å². The standard InChI is InChI=1S/C11H11NO2/c1-6-7(2)12-9-3-4-10(14)8(5-13)11(6)9/h3-5,12,14H,1-2H3. The highest BCUT2D eigenvalue weighted by molar-refractivity contribution is 6.01. The van der Waals surface area contributed by atoms with E-state index in [1.165, 1.54) is 6.07 Å². The maximum Gasteiger partial charge on any atom is 0.154 e. The van der Waals surface area contributed by atoms with E-state index in [0.29, 0.717) is 11.8 Å². The van der Waals surface area contributed by atoms with E-state index >= 15 is 0 Å². The predicted molar refractivity (Wildman–Crippen MR) is 54.8 cm³/mol. The van der Waals surface area contributed by atoms with Crippen LogP contribution in [0.1, 0.15) is 21.6 Å². The first kappa shape index (κ1) is 8.81. The molecule has 3 nitrogen and oxygen atoms in total. The number of aromatic nitrogens is 1. The van der Waals surface area contributed by atoms with Crippen LogP contribution >= 0.6 is 0 Å². The number of carbonyl (C=O) groups is 1. The number of aryl methyl sites for hydroxylation is 2. The van der Waals surface area contributed by atoms with E-state index < -0.39 is 0 Å². The molecule has 0 atom stereocenters. The molecule has 0 saturated heterocycles. The van der Waals surface area contributed by atoms with Crippen LogP contribution < -0.4 is 0 Å². The number of phenols is 1. The Morgan fingerprint density at radius 2 is 2.07 bits per heavy atom. The van der Waals surface area contributed by atoms with Gasteiger partial charge in [0.25, 0.3) is 0 Å². The summed E-state index contributed by atoms with van der Waals surface area (Å²) in [6, 6.07) is 3.30. The number of H-pyrrole nitrogens is 1. The van der Waals surface area contributed by atoms with Crippen LogP contribution in [0.4, 0.5) is 0 Å². The summed E-state index contributed by atoms with van der Waals surface area (Å²) in [5.74, 6) is 0.0367. The second kappa shape index (κ2) is 2.87. The number of aromatic hydroxyl groups is 1. The second-order valence-electron chi connectivity index (χ2n) is 3.41. The van der Waals surface area contributed by atoms with Crippen LogP contribution in [0.2, 0.25) is 0 Å². The van der Waals surface area contributed by atoms with Crippen molar-refractivity contribution in [1.29, 1.82) is 0 Å².